The summed E-state index contributed by atoms with van der Waals surface area (Å²) in [5.41, 5.74) is -0.809. The molecule has 0 saturated carbocycles. The molecule has 1 N–H and O–H groups in total. The van der Waals surface area contributed by atoms with Crippen LogP contribution in [0.25, 0.3) is 0 Å². The summed E-state index contributed by atoms with van der Waals surface area (Å²) in [5, 5.41) is 8.87. The highest BCUT2D eigenvalue weighted by atomic mass is 19.1. The first-order chi connectivity index (χ1) is 12.2. The van der Waals surface area contributed by atoms with Crippen LogP contribution in [0.3, 0.4) is 0 Å². The third-order valence-electron chi connectivity index (χ3n) is 4.18. The van der Waals surface area contributed by atoms with Crippen LogP contribution in [-0.4, -0.2) is 61.6 Å². The molecule has 0 spiro atoms. The maximum Gasteiger partial charge on any atom is 0.414 e. The lowest BCUT2D eigenvalue weighted by atomic mass is 10.1. The molecule has 9 nitrogen and oxygen atoms in total. The van der Waals surface area contributed by atoms with Gasteiger partial charge in [-0.05, 0) is 0 Å². The van der Waals surface area contributed by atoms with E-state index in [4.69, 9.17) is 14.6 Å². The minimum atomic E-state index is -1.21. The van der Waals surface area contributed by atoms with Gasteiger partial charge in [0.2, 0.25) is 0 Å². The number of amides is 3. The van der Waals surface area contributed by atoms with Crippen molar-refractivity contribution in [3.63, 3.8) is 0 Å². The number of likely N-dealkylation sites (N-methyl/N-ethyl adjacent to an activating group) is 1. The third-order valence-corrected chi connectivity index (χ3v) is 4.18. The molecular weight excluding hydrogens is 356 g/mol. The van der Waals surface area contributed by atoms with E-state index in [1.807, 2.05) is 0 Å². The van der Waals surface area contributed by atoms with Crippen molar-refractivity contribution in [2.45, 2.75) is 12.7 Å². The summed E-state index contributed by atoms with van der Waals surface area (Å²) >= 11 is 0. The molecule has 1 saturated heterocycles. The maximum absolute atomic E-state index is 14.8. The van der Waals surface area contributed by atoms with Crippen LogP contribution in [0.15, 0.2) is 6.07 Å². The molecule has 0 bridgehead atoms. The van der Waals surface area contributed by atoms with Crippen molar-refractivity contribution in [2.75, 3.05) is 37.0 Å². The highest BCUT2D eigenvalue weighted by Gasteiger charge is 2.38. The number of cyclic esters (lactones) is 2. The summed E-state index contributed by atoms with van der Waals surface area (Å²) in [4.78, 5) is 37.0. The van der Waals surface area contributed by atoms with E-state index in [1.54, 1.807) is 0 Å². The fraction of sp³-hybridized carbons (Fsp3) is 0.400. The van der Waals surface area contributed by atoms with Crippen molar-refractivity contribution in [1.29, 1.82) is 0 Å². The molecule has 3 rings (SSSR count). The number of rotatable bonds is 3. The second-order valence-electron chi connectivity index (χ2n) is 5.91. The van der Waals surface area contributed by atoms with Gasteiger partial charge in [0.25, 0.3) is 0 Å². The van der Waals surface area contributed by atoms with Gasteiger partial charge in [0, 0.05) is 20.2 Å². The molecule has 1 atom stereocenters. The quantitative estimate of drug-likeness (QED) is 0.872. The van der Waals surface area contributed by atoms with Gasteiger partial charge >= 0.3 is 18.3 Å². The first-order valence-corrected chi connectivity index (χ1v) is 7.54. The number of carbonyl (C=O) groups excluding carboxylic acids is 2. The summed E-state index contributed by atoms with van der Waals surface area (Å²) in [5.74, 6) is -1.81. The van der Waals surface area contributed by atoms with E-state index in [-0.39, 0.29) is 30.0 Å². The Balaban J connectivity index is 1.91. The maximum atomic E-state index is 14.8. The molecule has 0 aliphatic carbocycles. The molecule has 11 heteroatoms. The number of anilines is 2. The molecular formula is C15H15F2N3O6. The summed E-state index contributed by atoms with van der Waals surface area (Å²) in [6, 6.07) is 0.799. The van der Waals surface area contributed by atoms with E-state index in [0.29, 0.717) is 0 Å². The van der Waals surface area contributed by atoms with Gasteiger partial charge in [-0.25, -0.2) is 23.2 Å². The van der Waals surface area contributed by atoms with E-state index in [0.717, 1.165) is 20.8 Å². The Morgan fingerprint density at radius 3 is 2.73 bits per heavy atom. The minimum absolute atomic E-state index is 0.118. The Morgan fingerprint density at radius 1 is 1.38 bits per heavy atom. The fourth-order valence-corrected chi connectivity index (χ4v) is 2.86. The number of ether oxygens (including phenoxy) is 2. The van der Waals surface area contributed by atoms with E-state index in [2.05, 4.69) is 0 Å². The predicted octanol–water partition coefficient (Wildman–Crippen LogP) is 1.99. The second kappa shape index (κ2) is 6.32. The number of carboxylic acid groups (broad SMARTS) is 1. The Labute approximate surface area is 146 Å². The van der Waals surface area contributed by atoms with Gasteiger partial charge in [0.05, 0.1) is 30.0 Å². The molecule has 1 aromatic rings. The normalized spacial score (nSPS) is 19.2. The van der Waals surface area contributed by atoms with Crippen LogP contribution in [0.4, 0.5) is 34.5 Å². The van der Waals surface area contributed by atoms with Crippen molar-refractivity contribution in [2.24, 2.45) is 0 Å². The number of benzene rings is 1. The Morgan fingerprint density at radius 2 is 2.08 bits per heavy atom. The number of hydrogen-bond acceptors (Lipinski definition) is 5. The molecule has 1 fully saturated rings. The lowest BCUT2D eigenvalue weighted by Crippen LogP contribution is -2.36. The molecule has 0 radical (unpaired) electrons. The number of hydrogen-bond donors (Lipinski definition) is 1. The van der Waals surface area contributed by atoms with Gasteiger partial charge in [-0.3, -0.25) is 9.80 Å². The van der Waals surface area contributed by atoms with Gasteiger partial charge < -0.3 is 19.5 Å². The van der Waals surface area contributed by atoms with E-state index in [1.165, 1.54) is 14.1 Å². The van der Waals surface area contributed by atoms with Crippen LogP contribution in [0.1, 0.15) is 5.56 Å². The number of fused-ring (bicyclic) bond motifs is 1. The first-order valence-electron chi connectivity index (χ1n) is 7.54. The van der Waals surface area contributed by atoms with Crippen molar-refractivity contribution in [3.05, 3.63) is 23.3 Å². The van der Waals surface area contributed by atoms with Crippen molar-refractivity contribution in [1.82, 2.24) is 4.90 Å². The van der Waals surface area contributed by atoms with Gasteiger partial charge in [-0.1, -0.05) is 0 Å². The first kappa shape index (κ1) is 17.7. The van der Waals surface area contributed by atoms with E-state index in [9.17, 15) is 23.2 Å². The largest absolute Gasteiger partial charge is 0.465 e. The predicted molar refractivity (Wildman–Crippen MR) is 83.2 cm³/mol. The van der Waals surface area contributed by atoms with Gasteiger partial charge in [-0.2, -0.15) is 0 Å². The molecule has 2 heterocycles. The monoisotopic (exact) mass is 371 g/mol. The van der Waals surface area contributed by atoms with Gasteiger partial charge in [0.1, 0.15) is 18.5 Å². The summed E-state index contributed by atoms with van der Waals surface area (Å²) < 4.78 is 39.1. The Bertz CT molecular complexity index is 802. The van der Waals surface area contributed by atoms with Crippen LogP contribution in [0.2, 0.25) is 0 Å². The molecule has 2 aliphatic rings. The lowest BCUT2D eigenvalue weighted by molar-refractivity contribution is 0.106. The molecule has 0 aromatic heterocycles. The standard InChI is InChI=1S/C15H15F2N3O6/c1-18(13(21)22)4-7-5-20(15(24)26-7)10-3-9(16)12-8(11(10)17)6-25-14(23)19(12)2/h3,7H,4-6H2,1-2H3,(H,21,22)/t7-/m0/s1. The van der Waals surface area contributed by atoms with Crippen molar-refractivity contribution >= 4 is 29.7 Å². The van der Waals surface area contributed by atoms with Gasteiger partial charge in [-0.15, -0.1) is 0 Å². The van der Waals surface area contributed by atoms with E-state index >= 15 is 0 Å². The molecule has 26 heavy (non-hydrogen) atoms. The number of carbonyl (C=O) groups is 3. The molecule has 1 aromatic carbocycles. The summed E-state index contributed by atoms with van der Waals surface area (Å²) in [6.45, 7) is -0.739. The number of halogens is 2. The molecule has 2 aliphatic heterocycles. The zero-order chi connectivity index (χ0) is 19.2. The van der Waals surface area contributed by atoms with Gasteiger partial charge in [0.15, 0.2) is 5.82 Å². The topological polar surface area (TPSA) is 99.6 Å². The zero-order valence-electron chi connectivity index (χ0n) is 13.9. The average Bonchev–Trinajstić information content (AvgIpc) is 2.93. The van der Waals surface area contributed by atoms with Crippen LogP contribution < -0.4 is 9.80 Å². The smallest absolute Gasteiger partial charge is 0.414 e. The molecule has 3 amide bonds. The highest BCUT2D eigenvalue weighted by Crippen LogP contribution is 2.37. The molecule has 0 unspecified atom stereocenters. The average molecular weight is 371 g/mol. The Hall–Kier alpha value is -3.11. The zero-order valence-corrected chi connectivity index (χ0v) is 13.9. The minimum Gasteiger partial charge on any atom is -0.465 e. The highest BCUT2D eigenvalue weighted by molar-refractivity contribution is 5.93. The van der Waals surface area contributed by atoms with E-state index < -0.39 is 42.6 Å². The third kappa shape index (κ3) is 2.85. The van der Waals surface area contributed by atoms with Crippen LogP contribution in [0.5, 0.6) is 0 Å². The summed E-state index contributed by atoms with van der Waals surface area (Å²) in [7, 11) is 2.53. The fourth-order valence-electron chi connectivity index (χ4n) is 2.86. The van der Waals surface area contributed by atoms with Crippen LogP contribution in [0, 0.1) is 11.6 Å². The van der Waals surface area contributed by atoms with Crippen LogP contribution in [-0.2, 0) is 16.1 Å². The van der Waals surface area contributed by atoms with Crippen molar-refractivity contribution in [3.8, 4) is 0 Å². The van der Waals surface area contributed by atoms with Crippen LogP contribution >= 0.6 is 0 Å². The summed E-state index contributed by atoms with van der Waals surface area (Å²) in [6.07, 6.45) is -3.79. The lowest BCUT2D eigenvalue weighted by Gasteiger charge is -2.28. The SMILES string of the molecule is CN(C[C@H]1CN(c2cc(F)c3c(c2F)COC(=O)N3C)C(=O)O1)C(=O)O. The second-order valence-corrected chi connectivity index (χ2v) is 5.91. The number of nitrogens with zero attached hydrogens (tertiary/aromatic N) is 3. The molecule has 140 valence electrons. The Kier molecular flexibility index (Phi) is 4.30. The van der Waals surface area contributed by atoms with Crippen molar-refractivity contribution < 1.29 is 37.7 Å².